The number of nitriles is 1. The smallest absolute Gasteiger partial charge is 0.101 e. The molecule has 1 aliphatic carbocycles. The van der Waals surface area contributed by atoms with Crippen molar-refractivity contribution in [3.05, 3.63) is 70.7 Å². The van der Waals surface area contributed by atoms with Gasteiger partial charge in [0.1, 0.15) is 6.07 Å². The first-order chi connectivity index (χ1) is 16.7. The molecule has 0 radical (unpaired) electrons. The summed E-state index contributed by atoms with van der Waals surface area (Å²) < 4.78 is 5.62. The van der Waals surface area contributed by atoms with Crippen LogP contribution in [0, 0.1) is 11.3 Å². The van der Waals surface area contributed by atoms with E-state index in [0.717, 1.165) is 55.7 Å². The van der Waals surface area contributed by atoms with E-state index in [4.69, 9.17) is 4.74 Å². The Hall–Kier alpha value is -3.34. The number of fused-ring (bicyclic) bond motifs is 3. The van der Waals surface area contributed by atoms with Crippen molar-refractivity contribution in [3.8, 4) is 6.07 Å². The van der Waals surface area contributed by atoms with E-state index in [0.29, 0.717) is 17.6 Å². The van der Waals surface area contributed by atoms with Gasteiger partial charge in [-0.25, -0.2) is 0 Å². The molecule has 0 spiro atoms. The summed E-state index contributed by atoms with van der Waals surface area (Å²) in [6, 6.07) is 11.0. The van der Waals surface area contributed by atoms with Crippen molar-refractivity contribution >= 4 is 16.6 Å². The third kappa shape index (κ3) is 3.46. The van der Waals surface area contributed by atoms with Gasteiger partial charge >= 0.3 is 0 Å². The number of allylic oxidation sites excluding steroid dienone is 2. The molecule has 0 amide bonds. The highest BCUT2D eigenvalue weighted by Crippen LogP contribution is 2.40. The third-order valence-corrected chi connectivity index (χ3v) is 7.66. The zero-order valence-electron chi connectivity index (χ0n) is 19.7. The number of pyridine rings is 1. The number of ether oxygens (including phenoxy) is 1. The van der Waals surface area contributed by atoms with Crippen LogP contribution >= 0.6 is 0 Å². The highest BCUT2D eigenvalue weighted by Gasteiger charge is 2.37. The molecule has 2 fully saturated rings. The van der Waals surface area contributed by atoms with Gasteiger partial charge in [0.25, 0.3) is 0 Å². The zero-order chi connectivity index (χ0) is 23.2. The van der Waals surface area contributed by atoms with Crippen LogP contribution in [0.25, 0.3) is 10.9 Å². The highest BCUT2D eigenvalue weighted by atomic mass is 16.5. The van der Waals surface area contributed by atoms with Crippen LogP contribution in [0.3, 0.4) is 0 Å². The van der Waals surface area contributed by atoms with Gasteiger partial charge in [-0.3, -0.25) is 4.98 Å². The Kier molecular flexibility index (Phi) is 5.28. The molecular formula is C27H30N6O. The number of rotatable bonds is 4. The summed E-state index contributed by atoms with van der Waals surface area (Å²) in [5.74, 6) is 0. The number of nitrogens with zero attached hydrogens (tertiary/aromatic N) is 4. The lowest BCUT2D eigenvalue weighted by Crippen LogP contribution is -2.49. The first kappa shape index (κ1) is 21.2. The largest absolute Gasteiger partial charge is 0.379 e. The predicted octanol–water partition coefficient (Wildman–Crippen LogP) is 2.68. The van der Waals surface area contributed by atoms with Crippen molar-refractivity contribution in [1.29, 1.82) is 5.26 Å². The molecule has 6 rings (SSSR count). The molecule has 2 saturated heterocycles. The normalized spacial score (nSPS) is 26.2. The maximum atomic E-state index is 9.53. The average molecular weight is 455 g/mol. The van der Waals surface area contributed by atoms with Gasteiger partial charge in [-0.1, -0.05) is 6.08 Å². The molecular weight excluding hydrogens is 424 g/mol. The van der Waals surface area contributed by atoms with Crippen LogP contribution in [0.5, 0.6) is 0 Å². The lowest BCUT2D eigenvalue weighted by molar-refractivity contribution is 0.0995. The van der Waals surface area contributed by atoms with Crippen LogP contribution < -0.4 is 15.5 Å². The summed E-state index contributed by atoms with van der Waals surface area (Å²) in [5, 5.41) is 17.7. The molecule has 4 aliphatic rings. The van der Waals surface area contributed by atoms with Crippen LogP contribution in [0.2, 0.25) is 0 Å². The first-order valence-corrected chi connectivity index (χ1v) is 12.1. The molecule has 2 aromatic rings. The maximum absolute atomic E-state index is 9.53. The predicted molar refractivity (Wildman–Crippen MR) is 133 cm³/mol. The first-order valence-electron chi connectivity index (χ1n) is 12.1. The number of anilines is 1. The summed E-state index contributed by atoms with van der Waals surface area (Å²) in [5.41, 5.74) is 8.11. The average Bonchev–Trinajstić information content (AvgIpc) is 3.47. The Morgan fingerprint density at radius 1 is 1.24 bits per heavy atom. The minimum Gasteiger partial charge on any atom is -0.379 e. The number of aromatic nitrogens is 1. The topological polar surface area (TPSA) is 76.5 Å². The molecule has 7 heteroatoms. The van der Waals surface area contributed by atoms with Crippen LogP contribution in [-0.2, 0) is 4.74 Å². The molecule has 1 aromatic carbocycles. The summed E-state index contributed by atoms with van der Waals surface area (Å²) in [6.45, 7) is 6.94. The minimum absolute atomic E-state index is 0.208. The SMILES string of the molecule is CO[C@@H]1CNC[C@@H]1NC1=CCC2=C3CN(c4ccc(C#N)c5ncccc45)C[C@@H](C)N3CC2=C1. The Balaban J connectivity index is 1.28. The fraction of sp³-hybridized carbons (Fsp3) is 0.407. The maximum Gasteiger partial charge on any atom is 0.101 e. The van der Waals surface area contributed by atoms with E-state index in [1.54, 1.807) is 13.3 Å². The fourth-order valence-electron chi connectivity index (χ4n) is 5.91. The molecule has 3 aliphatic heterocycles. The van der Waals surface area contributed by atoms with Gasteiger partial charge in [0, 0.05) is 68.0 Å². The van der Waals surface area contributed by atoms with E-state index >= 15 is 0 Å². The highest BCUT2D eigenvalue weighted by molar-refractivity contribution is 5.95. The quantitative estimate of drug-likeness (QED) is 0.736. The van der Waals surface area contributed by atoms with Crippen LogP contribution in [0.15, 0.2) is 65.2 Å². The van der Waals surface area contributed by atoms with Gasteiger partial charge in [0.2, 0.25) is 0 Å². The van der Waals surface area contributed by atoms with Crippen molar-refractivity contribution in [1.82, 2.24) is 20.5 Å². The summed E-state index contributed by atoms with van der Waals surface area (Å²) >= 11 is 0. The molecule has 174 valence electrons. The molecule has 7 nitrogen and oxygen atoms in total. The number of nitrogens with one attached hydrogen (secondary N) is 2. The van der Waals surface area contributed by atoms with Crippen molar-refractivity contribution in [2.75, 3.05) is 44.7 Å². The third-order valence-electron chi connectivity index (χ3n) is 7.66. The molecule has 1 aromatic heterocycles. The lowest BCUT2D eigenvalue weighted by atomic mass is 9.96. The van der Waals surface area contributed by atoms with E-state index in [2.05, 4.69) is 62.7 Å². The van der Waals surface area contributed by atoms with E-state index in [9.17, 15) is 5.26 Å². The van der Waals surface area contributed by atoms with Gasteiger partial charge in [0.05, 0.1) is 29.8 Å². The van der Waals surface area contributed by atoms with Gasteiger partial charge in [0.15, 0.2) is 0 Å². The molecule has 0 bridgehead atoms. The van der Waals surface area contributed by atoms with Crippen molar-refractivity contribution in [2.24, 2.45) is 0 Å². The number of hydrogen-bond donors (Lipinski definition) is 2. The second-order valence-electron chi connectivity index (χ2n) is 9.64. The number of piperazine rings is 1. The Morgan fingerprint density at radius 3 is 3.00 bits per heavy atom. The summed E-state index contributed by atoms with van der Waals surface area (Å²) in [6.07, 6.45) is 7.59. The molecule has 0 unspecified atom stereocenters. The van der Waals surface area contributed by atoms with Crippen molar-refractivity contribution < 1.29 is 4.74 Å². The van der Waals surface area contributed by atoms with Crippen LogP contribution in [0.1, 0.15) is 18.9 Å². The van der Waals surface area contributed by atoms with Crippen molar-refractivity contribution in [2.45, 2.75) is 31.5 Å². The van der Waals surface area contributed by atoms with E-state index < -0.39 is 0 Å². The molecule has 2 N–H and O–H groups in total. The van der Waals surface area contributed by atoms with E-state index in [1.807, 2.05) is 12.1 Å². The van der Waals surface area contributed by atoms with Crippen LogP contribution in [-0.4, -0.2) is 67.9 Å². The molecule has 0 saturated carbocycles. The number of hydrogen-bond acceptors (Lipinski definition) is 7. The van der Waals surface area contributed by atoms with Gasteiger partial charge in [-0.05, 0) is 54.8 Å². The Morgan fingerprint density at radius 2 is 2.15 bits per heavy atom. The second kappa shape index (κ2) is 8.46. The lowest BCUT2D eigenvalue weighted by Gasteiger charge is -2.42. The van der Waals surface area contributed by atoms with Gasteiger partial charge in [-0.2, -0.15) is 5.26 Å². The molecule has 3 atom stereocenters. The minimum atomic E-state index is 0.208. The van der Waals surface area contributed by atoms with Gasteiger partial charge in [-0.15, -0.1) is 0 Å². The standard InChI is InChI=1S/C27H30N6O/c1-17-14-32(24-8-5-18(11-28)27-22(24)4-3-9-30-27)16-25-21-7-6-20(10-19(21)15-33(17)25)31-23-12-29-13-26(23)34-2/h3-6,8-10,17,23,26,29,31H,7,12-16H2,1-2H3/t17-,23+,26-/m1/s1. The van der Waals surface area contributed by atoms with E-state index in [-0.39, 0.29) is 6.10 Å². The monoisotopic (exact) mass is 454 g/mol. The second-order valence-corrected chi connectivity index (χ2v) is 9.64. The molecule has 34 heavy (non-hydrogen) atoms. The van der Waals surface area contributed by atoms with Gasteiger partial charge < -0.3 is 25.2 Å². The fourth-order valence-corrected chi connectivity index (χ4v) is 5.91. The summed E-state index contributed by atoms with van der Waals surface area (Å²) in [4.78, 5) is 9.55. The van der Waals surface area contributed by atoms with E-state index in [1.165, 1.54) is 22.5 Å². The summed E-state index contributed by atoms with van der Waals surface area (Å²) in [7, 11) is 1.79. The van der Waals surface area contributed by atoms with Crippen LogP contribution in [0.4, 0.5) is 5.69 Å². The van der Waals surface area contributed by atoms with Crippen molar-refractivity contribution in [3.63, 3.8) is 0 Å². The Bertz CT molecular complexity index is 1270. The molecule has 4 heterocycles. The number of methoxy groups -OCH3 is 1. The number of benzene rings is 1. The zero-order valence-corrected chi connectivity index (χ0v) is 19.7. The Labute approximate surface area is 200 Å².